The van der Waals surface area contributed by atoms with Gasteiger partial charge in [0.25, 0.3) is 5.91 Å². The van der Waals surface area contributed by atoms with Crippen molar-refractivity contribution in [2.24, 2.45) is 0 Å². The fourth-order valence-electron chi connectivity index (χ4n) is 3.43. The van der Waals surface area contributed by atoms with Crippen molar-refractivity contribution in [3.05, 3.63) is 54.1 Å². The Hall–Kier alpha value is -2.86. The zero-order valence-corrected chi connectivity index (χ0v) is 15.8. The number of carbonyl (C=O) groups is 2. The number of nitrogen functional groups attached to an aromatic ring is 1. The summed E-state index contributed by atoms with van der Waals surface area (Å²) in [7, 11) is 4.07. The smallest absolute Gasteiger partial charge is 0.258 e. The molecule has 1 atom stereocenters. The van der Waals surface area contributed by atoms with Crippen LogP contribution in [0.3, 0.4) is 0 Å². The lowest BCUT2D eigenvalue weighted by molar-refractivity contribution is -0.108. The highest BCUT2D eigenvalue weighted by molar-refractivity contribution is 6.09. The average molecular weight is 366 g/mol. The van der Waals surface area contributed by atoms with Gasteiger partial charge in [0, 0.05) is 17.8 Å². The summed E-state index contributed by atoms with van der Waals surface area (Å²) in [6.07, 6.45) is 1.88. The Labute approximate surface area is 160 Å². The van der Waals surface area contributed by atoms with Crippen molar-refractivity contribution in [3.63, 3.8) is 0 Å². The van der Waals surface area contributed by atoms with Crippen molar-refractivity contribution in [2.75, 3.05) is 49.3 Å². The Morgan fingerprint density at radius 2 is 1.81 bits per heavy atom. The molecule has 1 aliphatic heterocycles. The molecule has 6 nitrogen and oxygen atoms in total. The zero-order valence-electron chi connectivity index (χ0n) is 15.8. The van der Waals surface area contributed by atoms with Crippen LogP contribution in [0.5, 0.6) is 0 Å². The maximum absolute atomic E-state index is 13.1. The van der Waals surface area contributed by atoms with Gasteiger partial charge < -0.3 is 25.2 Å². The van der Waals surface area contributed by atoms with Crippen LogP contribution in [0.1, 0.15) is 16.8 Å². The summed E-state index contributed by atoms with van der Waals surface area (Å²) >= 11 is 0. The molecular weight excluding hydrogens is 340 g/mol. The highest BCUT2D eigenvalue weighted by atomic mass is 16.2. The number of benzene rings is 2. The molecule has 27 heavy (non-hydrogen) atoms. The van der Waals surface area contributed by atoms with Gasteiger partial charge in [-0.3, -0.25) is 4.79 Å². The Morgan fingerprint density at radius 1 is 1.15 bits per heavy atom. The molecule has 0 saturated heterocycles. The monoisotopic (exact) mass is 366 g/mol. The van der Waals surface area contributed by atoms with Crippen LogP contribution >= 0.6 is 0 Å². The van der Waals surface area contributed by atoms with Crippen LogP contribution in [0, 0.1) is 0 Å². The molecule has 0 spiro atoms. The number of hydrogen-bond acceptors (Lipinski definition) is 5. The summed E-state index contributed by atoms with van der Waals surface area (Å²) in [5.74, 6) is -0.123. The number of anilines is 3. The molecule has 2 aromatic carbocycles. The second-order valence-electron chi connectivity index (χ2n) is 7.08. The van der Waals surface area contributed by atoms with Gasteiger partial charge in [-0.25, -0.2) is 0 Å². The normalized spacial score (nSPS) is 16.3. The predicted octanol–water partition coefficient (Wildman–Crippen LogP) is 2.25. The SMILES string of the molecule is CN(C)CCCN1c2ccccc2N(C(=O)c2ccc(N)cc2)CC1C=O. The molecular formula is C21H26N4O2. The molecule has 0 saturated carbocycles. The van der Waals surface area contributed by atoms with Crippen molar-refractivity contribution in [1.82, 2.24) is 4.90 Å². The number of para-hydroxylation sites is 2. The van der Waals surface area contributed by atoms with Crippen LogP contribution in [0.2, 0.25) is 0 Å². The van der Waals surface area contributed by atoms with Crippen molar-refractivity contribution in [2.45, 2.75) is 12.5 Å². The first-order valence-corrected chi connectivity index (χ1v) is 9.14. The number of hydrogen-bond donors (Lipinski definition) is 1. The Morgan fingerprint density at radius 3 is 2.44 bits per heavy atom. The van der Waals surface area contributed by atoms with Crippen LogP contribution in [-0.2, 0) is 4.79 Å². The molecule has 0 aliphatic carbocycles. The molecule has 1 unspecified atom stereocenters. The Bertz CT molecular complexity index is 804. The van der Waals surface area contributed by atoms with Crippen molar-refractivity contribution < 1.29 is 9.59 Å². The minimum Gasteiger partial charge on any atom is -0.399 e. The van der Waals surface area contributed by atoms with Crippen LogP contribution in [0.15, 0.2) is 48.5 Å². The van der Waals surface area contributed by atoms with Gasteiger partial charge in [0.05, 0.1) is 17.9 Å². The van der Waals surface area contributed by atoms with E-state index in [0.717, 1.165) is 37.2 Å². The fourth-order valence-corrected chi connectivity index (χ4v) is 3.43. The van der Waals surface area contributed by atoms with E-state index in [1.54, 1.807) is 29.2 Å². The quantitative estimate of drug-likeness (QED) is 0.627. The standard InChI is InChI=1S/C21H26N4O2/c1-23(2)12-5-13-24-18(15-26)14-25(20-7-4-3-6-19(20)24)21(27)16-8-10-17(22)11-9-16/h3-4,6-11,15,18H,5,12-14,22H2,1-2H3. The van der Waals surface area contributed by atoms with E-state index >= 15 is 0 Å². The summed E-state index contributed by atoms with van der Waals surface area (Å²) < 4.78 is 0. The molecule has 0 fully saturated rings. The van der Waals surface area contributed by atoms with Crippen LogP contribution in [0.25, 0.3) is 0 Å². The lowest BCUT2D eigenvalue weighted by Crippen LogP contribution is -2.52. The number of nitrogens with zero attached hydrogens (tertiary/aromatic N) is 3. The van der Waals surface area contributed by atoms with Gasteiger partial charge in [0.15, 0.2) is 0 Å². The summed E-state index contributed by atoms with van der Waals surface area (Å²) in [5.41, 5.74) is 8.66. The topological polar surface area (TPSA) is 69.9 Å². The molecule has 3 rings (SSSR count). The minimum atomic E-state index is -0.361. The van der Waals surface area contributed by atoms with E-state index in [2.05, 4.69) is 9.80 Å². The van der Waals surface area contributed by atoms with Gasteiger partial charge in [-0.15, -0.1) is 0 Å². The highest BCUT2D eigenvalue weighted by Gasteiger charge is 2.33. The van der Waals surface area contributed by atoms with E-state index in [-0.39, 0.29) is 11.9 Å². The number of amides is 1. The third kappa shape index (κ3) is 4.11. The number of fused-ring (bicyclic) bond motifs is 1. The van der Waals surface area contributed by atoms with E-state index in [9.17, 15) is 9.59 Å². The fraction of sp³-hybridized carbons (Fsp3) is 0.333. The minimum absolute atomic E-state index is 0.123. The third-order valence-electron chi connectivity index (χ3n) is 4.82. The lowest BCUT2D eigenvalue weighted by atomic mass is 10.0. The molecule has 0 radical (unpaired) electrons. The first kappa shape index (κ1) is 18.9. The summed E-state index contributed by atoms with van der Waals surface area (Å²) in [4.78, 5) is 30.8. The predicted molar refractivity (Wildman–Crippen MR) is 109 cm³/mol. The van der Waals surface area contributed by atoms with E-state index in [1.807, 2.05) is 38.4 Å². The van der Waals surface area contributed by atoms with E-state index in [1.165, 1.54) is 0 Å². The van der Waals surface area contributed by atoms with Crippen molar-refractivity contribution in [1.29, 1.82) is 0 Å². The van der Waals surface area contributed by atoms with Gasteiger partial charge in [-0.1, -0.05) is 12.1 Å². The van der Waals surface area contributed by atoms with Gasteiger partial charge in [0.1, 0.15) is 12.3 Å². The Balaban J connectivity index is 1.91. The van der Waals surface area contributed by atoms with Gasteiger partial charge >= 0.3 is 0 Å². The number of aldehydes is 1. The maximum atomic E-state index is 13.1. The molecule has 2 aromatic rings. The summed E-state index contributed by atoms with van der Waals surface area (Å²) in [5, 5.41) is 0. The maximum Gasteiger partial charge on any atom is 0.258 e. The Kier molecular flexibility index (Phi) is 5.76. The van der Waals surface area contributed by atoms with Gasteiger partial charge in [-0.05, 0) is 63.5 Å². The highest BCUT2D eigenvalue weighted by Crippen LogP contribution is 2.36. The number of carbonyl (C=O) groups excluding carboxylic acids is 2. The summed E-state index contributed by atoms with van der Waals surface area (Å²) in [6, 6.07) is 14.3. The second kappa shape index (κ2) is 8.22. The molecule has 0 aromatic heterocycles. The summed E-state index contributed by atoms with van der Waals surface area (Å²) in [6.45, 7) is 2.05. The molecule has 1 heterocycles. The van der Waals surface area contributed by atoms with Crippen molar-refractivity contribution >= 4 is 29.3 Å². The molecule has 1 amide bonds. The van der Waals surface area contributed by atoms with Crippen LogP contribution in [0.4, 0.5) is 17.1 Å². The average Bonchev–Trinajstić information content (AvgIpc) is 2.67. The van der Waals surface area contributed by atoms with Gasteiger partial charge in [0.2, 0.25) is 0 Å². The van der Waals surface area contributed by atoms with Crippen molar-refractivity contribution in [3.8, 4) is 0 Å². The number of rotatable bonds is 6. The molecule has 142 valence electrons. The van der Waals surface area contributed by atoms with Gasteiger partial charge in [-0.2, -0.15) is 0 Å². The largest absolute Gasteiger partial charge is 0.399 e. The first-order chi connectivity index (χ1) is 13.0. The zero-order chi connectivity index (χ0) is 19.4. The van der Waals surface area contributed by atoms with Crippen LogP contribution in [-0.4, -0.2) is 56.9 Å². The van der Waals surface area contributed by atoms with E-state index in [0.29, 0.717) is 17.8 Å². The molecule has 1 aliphatic rings. The van der Waals surface area contributed by atoms with Crippen LogP contribution < -0.4 is 15.5 Å². The second-order valence-corrected chi connectivity index (χ2v) is 7.08. The molecule has 2 N–H and O–H groups in total. The van der Waals surface area contributed by atoms with E-state index in [4.69, 9.17) is 5.73 Å². The van der Waals surface area contributed by atoms with E-state index < -0.39 is 0 Å². The lowest BCUT2D eigenvalue weighted by Gasteiger charge is -2.41. The third-order valence-corrected chi connectivity index (χ3v) is 4.82. The molecule has 6 heteroatoms. The molecule has 0 bridgehead atoms. The number of nitrogens with two attached hydrogens (primary N) is 1. The first-order valence-electron chi connectivity index (χ1n) is 9.14.